The smallest absolute Gasteiger partial charge is 0.481 e. The van der Waals surface area contributed by atoms with E-state index in [0.29, 0.717) is 0 Å². The van der Waals surface area contributed by atoms with Crippen LogP contribution in [0.4, 0.5) is 0 Å². The van der Waals surface area contributed by atoms with Gasteiger partial charge in [-0.2, -0.15) is 0 Å². The molecular weight excluding hydrogens is 241 g/mol. The van der Waals surface area contributed by atoms with E-state index in [1.807, 2.05) is 36.4 Å². The summed E-state index contributed by atoms with van der Waals surface area (Å²) >= 11 is 0. The molecule has 96 valence electrons. The van der Waals surface area contributed by atoms with Crippen LogP contribution >= 0.6 is 0 Å². The van der Waals surface area contributed by atoms with E-state index in [1.165, 1.54) is 5.98 Å². The fraction of sp³-hybridized carbons (Fsp3) is 0.0714. The van der Waals surface area contributed by atoms with E-state index in [1.54, 1.807) is 19.5 Å². The van der Waals surface area contributed by atoms with E-state index in [2.05, 4.69) is 4.98 Å². The van der Waals surface area contributed by atoms with Gasteiger partial charge in [0, 0.05) is 12.4 Å². The first-order chi connectivity index (χ1) is 9.20. The Hall–Kier alpha value is -2.11. The summed E-state index contributed by atoms with van der Waals surface area (Å²) in [4.78, 5) is 3.96. The van der Waals surface area contributed by atoms with Crippen LogP contribution in [0.2, 0.25) is 0 Å². The SMILES string of the molecule is COc1ccc(/C(=C/B(O)O)c2ccncc2)cc1. The molecule has 4 nitrogen and oxygen atoms in total. The van der Waals surface area contributed by atoms with Crippen LogP contribution < -0.4 is 4.74 Å². The lowest BCUT2D eigenvalue weighted by Gasteiger charge is -2.09. The molecule has 0 bridgehead atoms. The average molecular weight is 255 g/mol. The highest BCUT2D eigenvalue weighted by atomic mass is 16.5. The Bertz CT molecular complexity index is 553. The van der Waals surface area contributed by atoms with Gasteiger partial charge >= 0.3 is 7.12 Å². The highest BCUT2D eigenvalue weighted by Crippen LogP contribution is 2.24. The molecule has 2 rings (SSSR count). The van der Waals surface area contributed by atoms with Crippen LogP contribution in [0.3, 0.4) is 0 Å². The summed E-state index contributed by atoms with van der Waals surface area (Å²) < 4.78 is 5.11. The first-order valence-electron chi connectivity index (χ1n) is 5.83. The van der Waals surface area contributed by atoms with Crippen molar-refractivity contribution in [2.75, 3.05) is 7.11 Å². The number of rotatable bonds is 4. The van der Waals surface area contributed by atoms with Crippen molar-refractivity contribution in [1.82, 2.24) is 4.98 Å². The van der Waals surface area contributed by atoms with Gasteiger partial charge in [-0.25, -0.2) is 0 Å². The van der Waals surface area contributed by atoms with Gasteiger partial charge in [-0.05, 0) is 46.9 Å². The number of aromatic nitrogens is 1. The zero-order chi connectivity index (χ0) is 13.7. The van der Waals surface area contributed by atoms with Crippen molar-refractivity contribution in [3.05, 3.63) is 65.9 Å². The van der Waals surface area contributed by atoms with Crippen molar-refractivity contribution in [3.8, 4) is 5.75 Å². The quantitative estimate of drug-likeness (QED) is 0.813. The zero-order valence-corrected chi connectivity index (χ0v) is 10.5. The fourth-order valence-corrected chi connectivity index (χ4v) is 1.81. The van der Waals surface area contributed by atoms with Gasteiger partial charge in [0.15, 0.2) is 0 Å². The molecule has 0 spiro atoms. The molecule has 0 fully saturated rings. The molecule has 1 heterocycles. The summed E-state index contributed by atoms with van der Waals surface area (Å²) in [6.07, 6.45) is 3.33. The Labute approximate surface area is 112 Å². The van der Waals surface area contributed by atoms with Gasteiger partial charge in [-0.15, -0.1) is 0 Å². The standard InChI is InChI=1S/C14H14BNO3/c1-19-13-4-2-11(3-5-13)14(10-15(17)18)12-6-8-16-9-7-12/h2-10,17-18H,1H3/b14-10-. The summed E-state index contributed by atoms with van der Waals surface area (Å²) in [6, 6.07) is 11.0. The molecule has 0 amide bonds. The van der Waals surface area contributed by atoms with E-state index in [0.717, 1.165) is 22.4 Å². The van der Waals surface area contributed by atoms with Gasteiger partial charge in [0.1, 0.15) is 5.75 Å². The minimum absolute atomic E-state index is 0.736. The molecule has 1 aromatic carbocycles. The number of methoxy groups -OCH3 is 1. The van der Waals surface area contributed by atoms with Crippen molar-refractivity contribution >= 4 is 12.7 Å². The summed E-state index contributed by atoms with van der Waals surface area (Å²) in [7, 11) is 0.0943. The van der Waals surface area contributed by atoms with E-state index >= 15 is 0 Å². The number of hydrogen-bond acceptors (Lipinski definition) is 4. The lowest BCUT2D eigenvalue weighted by atomic mass is 9.84. The molecule has 0 unspecified atom stereocenters. The van der Waals surface area contributed by atoms with E-state index in [9.17, 15) is 10.0 Å². The first kappa shape index (κ1) is 13.3. The Morgan fingerprint density at radius 2 is 1.63 bits per heavy atom. The third-order valence-electron chi connectivity index (χ3n) is 2.71. The molecule has 19 heavy (non-hydrogen) atoms. The van der Waals surface area contributed by atoms with E-state index < -0.39 is 7.12 Å². The molecule has 0 saturated carbocycles. The van der Waals surface area contributed by atoms with Crippen LogP contribution in [-0.4, -0.2) is 29.3 Å². The maximum absolute atomic E-state index is 9.19. The predicted molar refractivity (Wildman–Crippen MR) is 74.5 cm³/mol. The Balaban J connectivity index is 2.43. The average Bonchev–Trinajstić information content (AvgIpc) is 2.46. The largest absolute Gasteiger partial charge is 0.497 e. The number of nitrogens with zero attached hydrogens (tertiary/aromatic N) is 1. The van der Waals surface area contributed by atoms with Gasteiger partial charge in [0.05, 0.1) is 7.11 Å². The van der Waals surface area contributed by atoms with Crippen LogP contribution in [0.1, 0.15) is 11.1 Å². The minimum atomic E-state index is -1.51. The predicted octanol–water partition coefficient (Wildman–Crippen LogP) is 1.53. The van der Waals surface area contributed by atoms with Gasteiger partial charge < -0.3 is 14.8 Å². The molecule has 0 aliphatic carbocycles. The summed E-state index contributed by atoms with van der Waals surface area (Å²) in [6.45, 7) is 0. The molecule has 0 radical (unpaired) electrons. The van der Waals surface area contributed by atoms with Crippen molar-refractivity contribution in [2.45, 2.75) is 0 Å². The van der Waals surface area contributed by atoms with Crippen LogP contribution in [0.15, 0.2) is 54.8 Å². The second kappa shape index (κ2) is 6.18. The molecule has 1 aromatic heterocycles. The van der Waals surface area contributed by atoms with Crippen molar-refractivity contribution in [3.63, 3.8) is 0 Å². The third kappa shape index (κ3) is 3.43. The summed E-state index contributed by atoms with van der Waals surface area (Å²) in [5.74, 6) is 2.14. The number of benzene rings is 1. The highest BCUT2D eigenvalue weighted by Gasteiger charge is 2.10. The van der Waals surface area contributed by atoms with Crippen LogP contribution in [-0.2, 0) is 0 Å². The Kier molecular flexibility index (Phi) is 4.33. The van der Waals surface area contributed by atoms with Crippen LogP contribution in [0.25, 0.3) is 5.57 Å². The lowest BCUT2D eigenvalue weighted by molar-refractivity contribution is 0.415. The van der Waals surface area contributed by atoms with Crippen molar-refractivity contribution in [1.29, 1.82) is 0 Å². The lowest BCUT2D eigenvalue weighted by Crippen LogP contribution is -2.08. The zero-order valence-electron chi connectivity index (χ0n) is 10.5. The molecule has 0 saturated heterocycles. The molecule has 2 aromatic rings. The Morgan fingerprint density at radius 1 is 1.05 bits per heavy atom. The number of pyridine rings is 1. The van der Waals surface area contributed by atoms with E-state index in [-0.39, 0.29) is 0 Å². The van der Waals surface area contributed by atoms with E-state index in [4.69, 9.17) is 4.74 Å². The molecule has 2 N–H and O–H groups in total. The van der Waals surface area contributed by atoms with Gasteiger partial charge in [0.25, 0.3) is 0 Å². The number of hydrogen-bond donors (Lipinski definition) is 2. The van der Waals surface area contributed by atoms with Gasteiger partial charge in [0.2, 0.25) is 0 Å². The second-order valence-electron chi connectivity index (χ2n) is 3.96. The third-order valence-corrected chi connectivity index (χ3v) is 2.71. The molecular formula is C14H14BNO3. The van der Waals surface area contributed by atoms with Crippen LogP contribution in [0.5, 0.6) is 5.75 Å². The molecule has 5 heteroatoms. The number of ether oxygens (including phenoxy) is 1. The monoisotopic (exact) mass is 255 g/mol. The van der Waals surface area contributed by atoms with Crippen molar-refractivity contribution in [2.24, 2.45) is 0 Å². The second-order valence-corrected chi connectivity index (χ2v) is 3.96. The highest BCUT2D eigenvalue weighted by molar-refractivity contribution is 6.49. The summed E-state index contributed by atoms with van der Waals surface area (Å²) in [5.41, 5.74) is 2.48. The topological polar surface area (TPSA) is 62.6 Å². The first-order valence-corrected chi connectivity index (χ1v) is 5.83. The normalized spacial score (nSPS) is 11.2. The molecule has 0 aliphatic rings. The van der Waals surface area contributed by atoms with Gasteiger partial charge in [-0.1, -0.05) is 12.1 Å². The minimum Gasteiger partial charge on any atom is -0.497 e. The van der Waals surface area contributed by atoms with Crippen molar-refractivity contribution < 1.29 is 14.8 Å². The van der Waals surface area contributed by atoms with Crippen LogP contribution in [0, 0.1) is 0 Å². The molecule has 0 atom stereocenters. The van der Waals surface area contributed by atoms with Gasteiger partial charge in [-0.3, -0.25) is 4.98 Å². The summed E-state index contributed by atoms with van der Waals surface area (Å²) in [5, 5.41) is 18.4. The maximum atomic E-state index is 9.19. The molecule has 0 aliphatic heterocycles. The fourth-order valence-electron chi connectivity index (χ4n) is 1.81. The Morgan fingerprint density at radius 3 is 2.16 bits per heavy atom. The maximum Gasteiger partial charge on any atom is 0.481 e.